The fourth-order valence-electron chi connectivity index (χ4n) is 4.00. The van der Waals surface area contributed by atoms with Crippen molar-refractivity contribution in [3.63, 3.8) is 0 Å². The second-order valence-corrected chi connectivity index (χ2v) is 7.63. The summed E-state index contributed by atoms with van der Waals surface area (Å²) in [4.78, 5) is 38.2. The van der Waals surface area contributed by atoms with Gasteiger partial charge in [-0.25, -0.2) is 0 Å². The summed E-state index contributed by atoms with van der Waals surface area (Å²) in [6.45, 7) is 7.38. The SMILES string of the molecule is CCC(=O)C1=C(C)NC(C)=C(C(=O)CC)C1c1ccc(C(=O)Nc2ccccc2)cc1. The van der Waals surface area contributed by atoms with E-state index < -0.39 is 5.92 Å². The van der Waals surface area contributed by atoms with Crippen molar-refractivity contribution in [1.29, 1.82) is 0 Å². The molecule has 0 saturated carbocycles. The standard InChI is InChI=1S/C26H28N2O3/c1-5-21(29)23-16(3)27-17(4)24(22(30)6-2)25(23)18-12-14-19(15-13-18)26(31)28-20-10-8-7-9-11-20/h7-15,25,27H,5-6H2,1-4H3,(H,28,31). The fourth-order valence-corrected chi connectivity index (χ4v) is 4.00. The zero-order valence-electron chi connectivity index (χ0n) is 18.4. The van der Waals surface area contributed by atoms with E-state index in [1.807, 2.05) is 70.2 Å². The van der Waals surface area contributed by atoms with E-state index in [1.54, 1.807) is 12.1 Å². The van der Waals surface area contributed by atoms with Crippen molar-refractivity contribution in [3.8, 4) is 0 Å². The molecule has 2 aromatic carbocycles. The number of rotatable bonds is 7. The number of Topliss-reactive ketones (excluding diaryl/α,β-unsaturated/α-hetero) is 2. The predicted molar refractivity (Wildman–Crippen MR) is 123 cm³/mol. The maximum Gasteiger partial charge on any atom is 0.255 e. The summed E-state index contributed by atoms with van der Waals surface area (Å²) in [7, 11) is 0. The third-order valence-corrected chi connectivity index (χ3v) is 5.54. The van der Waals surface area contributed by atoms with Crippen LogP contribution in [0.25, 0.3) is 0 Å². The van der Waals surface area contributed by atoms with Crippen molar-refractivity contribution in [1.82, 2.24) is 5.32 Å². The average Bonchev–Trinajstić information content (AvgIpc) is 2.78. The first-order chi connectivity index (χ1) is 14.9. The van der Waals surface area contributed by atoms with Crippen molar-refractivity contribution in [2.45, 2.75) is 46.5 Å². The largest absolute Gasteiger partial charge is 0.362 e. The van der Waals surface area contributed by atoms with E-state index in [0.29, 0.717) is 29.6 Å². The molecule has 0 atom stereocenters. The van der Waals surface area contributed by atoms with Crippen LogP contribution in [-0.2, 0) is 9.59 Å². The zero-order valence-corrected chi connectivity index (χ0v) is 18.4. The number of ketones is 2. The topological polar surface area (TPSA) is 75.3 Å². The Morgan fingerprint density at radius 3 is 1.81 bits per heavy atom. The molecule has 0 radical (unpaired) electrons. The quantitative estimate of drug-likeness (QED) is 0.656. The smallest absolute Gasteiger partial charge is 0.255 e. The Bertz CT molecular complexity index is 1030. The lowest BCUT2D eigenvalue weighted by molar-refractivity contribution is -0.116. The predicted octanol–water partition coefficient (Wildman–Crippen LogP) is 5.13. The summed E-state index contributed by atoms with van der Waals surface area (Å²) >= 11 is 0. The number of dihydropyridines is 1. The van der Waals surface area contributed by atoms with Gasteiger partial charge >= 0.3 is 0 Å². The molecule has 160 valence electrons. The molecule has 0 unspecified atom stereocenters. The van der Waals surface area contributed by atoms with Crippen molar-refractivity contribution in [3.05, 3.63) is 88.3 Å². The van der Waals surface area contributed by atoms with E-state index in [9.17, 15) is 14.4 Å². The van der Waals surface area contributed by atoms with Crippen LogP contribution in [0.1, 0.15) is 62.4 Å². The molecule has 2 N–H and O–H groups in total. The maximum absolute atomic E-state index is 12.8. The second-order valence-electron chi connectivity index (χ2n) is 7.63. The lowest BCUT2D eigenvalue weighted by atomic mass is 9.76. The minimum Gasteiger partial charge on any atom is -0.362 e. The summed E-state index contributed by atoms with van der Waals surface area (Å²) < 4.78 is 0. The van der Waals surface area contributed by atoms with Gasteiger partial charge in [0, 0.05) is 52.6 Å². The highest BCUT2D eigenvalue weighted by Gasteiger charge is 2.34. The summed E-state index contributed by atoms with van der Waals surface area (Å²) in [5, 5.41) is 6.09. The van der Waals surface area contributed by atoms with Gasteiger partial charge in [0.2, 0.25) is 0 Å². The number of amides is 1. The number of hydrogen-bond donors (Lipinski definition) is 2. The van der Waals surface area contributed by atoms with Crippen molar-refractivity contribution >= 4 is 23.2 Å². The minimum absolute atomic E-state index is 0.00907. The number of carbonyl (C=O) groups is 3. The van der Waals surface area contributed by atoms with Crippen LogP contribution in [0.3, 0.4) is 0 Å². The molecule has 0 spiro atoms. The maximum atomic E-state index is 12.8. The van der Waals surface area contributed by atoms with Gasteiger partial charge in [0.15, 0.2) is 11.6 Å². The van der Waals surface area contributed by atoms with Gasteiger partial charge in [0.25, 0.3) is 5.91 Å². The normalized spacial score (nSPS) is 14.3. The molecule has 0 saturated heterocycles. The van der Waals surface area contributed by atoms with Gasteiger partial charge in [0.05, 0.1) is 0 Å². The van der Waals surface area contributed by atoms with Crippen molar-refractivity contribution < 1.29 is 14.4 Å². The zero-order chi connectivity index (χ0) is 22.5. The van der Waals surface area contributed by atoms with Gasteiger partial charge in [0.1, 0.15) is 0 Å². The Kier molecular flexibility index (Phi) is 6.85. The molecular formula is C26H28N2O3. The van der Waals surface area contributed by atoms with Gasteiger partial charge in [-0.15, -0.1) is 0 Å². The van der Waals surface area contributed by atoms with E-state index in [0.717, 1.165) is 22.6 Å². The number of hydrogen-bond acceptors (Lipinski definition) is 4. The highest BCUT2D eigenvalue weighted by Crippen LogP contribution is 2.39. The fraction of sp³-hybridized carbons (Fsp3) is 0.269. The van der Waals surface area contributed by atoms with Gasteiger partial charge in [-0.05, 0) is 43.7 Å². The van der Waals surface area contributed by atoms with Gasteiger partial charge < -0.3 is 10.6 Å². The highest BCUT2D eigenvalue weighted by atomic mass is 16.1. The van der Waals surface area contributed by atoms with Gasteiger partial charge in [-0.3, -0.25) is 14.4 Å². The molecule has 0 aliphatic carbocycles. The van der Waals surface area contributed by atoms with Crippen molar-refractivity contribution in [2.24, 2.45) is 0 Å². The third-order valence-electron chi connectivity index (χ3n) is 5.54. The number of para-hydroxylation sites is 1. The second kappa shape index (κ2) is 9.56. The Labute approximate surface area is 183 Å². The summed E-state index contributed by atoms with van der Waals surface area (Å²) in [5.41, 5.74) is 4.83. The average molecular weight is 417 g/mol. The van der Waals surface area contributed by atoms with Gasteiger partial charge in [-0.2, -0.15) is 0 Å². The molecule has 5 nitrogen and oxygen atoms in total. The molecule has 1 aliphatic rings. The molecule has 1 aliphatic heterocycles. The van der Waals surface area contributed by atoms with Crippen molar-refractivity contribution in [2.75, 3.05) is 5.32 Å². The molecule has 5 heteroatoms. The number of benzene rings is 2. The van der Waals surface area contributed by atoms with Crippen LogP contribution < -0.4 is 10.6 Å². The Balaban J connectivity index is 1.98. The molecule has 2 aromatic rings. The van der Waals surface area contributed by atoms with Crippen LogP contribution >= 0.6 is 0 Å². The Morgan fingerprint density at radius 1 is 0.806 bits per heavy atom. The molecule has 3 rings (SSSR count). The van der Waals surface area contributed by atoms with Crippen LogP contribution in [0.2, 0.25) is 0 Å². The summed E-state index contributed by atoms with van der Waals surface area (Å²) in [6, 6.07) is 16.4. The summed E-state index contributed by atoms with van der Waals surface area (Å²) in [5.74, 6) is -0.631. The molecule has 0 aromatic heterocycles. The van der Waals surface area contributed by atoms with Gasteiger partial charge in [-0.1, -0.05) is 44.2 Å². The number of anilines is 1. The molecule has 1 heterocycles. The van der Waals surface area contributed by atoms with E-state index >= 15 is 0 Å². The van der Waals surface area contributed by atoms with Crippen LogP contribution in [0.15, 0.2) is 77.1 Å². The van der Waals surface area contributed by atoms with Crippen LogP contribution in [-0.4, -0.2) is 17.5 Å². The molecule has 0 fully saturated rings. The number of allylic oxidation sites excluding steroid dienone is 4. The first kappa shape index (κ1) is 22.2. The molecule has 31 heavy (non-hydrogen) atoms. The first-order valence-electron chi connectivity index (χ1n) is 10.6. The van der Waals surface area contributed by atoms with E-state index in [2.05, 4.69) is 10.6 Å². The number of carbonyl (C=O) groups excluding carboxylic acids is 3. The Morgan fingerprint density at radius 2 is 1.32 bits per heavy atom. The molecular weight excluding hydrogens is 388 g/mol. The summed E-state index contributed by atoms with van der Waals surface area (Å²) in [6.07, 6.45) is 0.712. The third kappa shape index (κ3) is 4.66. The Hall–Kier alpha value is -3.47. The minimum atomic E-state index is -0.438. The monoisotopic (exact) mass is 416 g/mol. The van der Waals surface area contributed by atoms with Crippen LogP contribution in [0.4, 0.5) is 5.69 Å². The molecule has 1 amide bonds. The van der Waals surface area contributed by atoms with E-state index in [1.165, 1.54) is 0 Å². The molecule has 0 bridgehead atoms. The number of nitrogens with one attached hydrogen (secondary N) is 2. The van der Waals surface area contributed by atoms with E-state index in [-0.39, 0.29) is 17.5 Å². The van der Waals surface area contributed by atoms with Crippen LogP contribution in [0.5, 0.6) is 0 Å². The van der Waals surface area contributed by atoms with Crippen LogP contribution in [0, 0.1) is 0 Å². The lowest BCUT2D eigenvalue weighted by Gasteiger charge is -2.31. The highest BCUT2D eigenvalue weighted by molar-refractivity contribution is 6.06. The first-order valence-corrected chi connectivity index (χ1v) is 10.6. The lowest BCUT2D eigenvalue weighted by Crippen LogP contribution is -2.30. The van der Waals surface area contributed by atoms with E-state index in [4.69, 9.17) is 0 Å².